The Morgan fingerprint density at radius 1 is 0.833 bits per heavy atom. The average Bonchev–Trinajstić information content (AvgIpc) is 2.38. The lowest BCUT2D eigenvalue weighted by molar-refractivity contribution is 0.368. The first-order chi connectivity index (χ1) is 8.68. The van der Waals surface area contributed by atoms with Gasteiger partial charge in [-0.15, -0.1) is 0 Å². The Morgan fingerprint density at radius 2 is 1.50 bits per heavy atom. The molecule has 0 fully saturated rings. The van der Waals surface area contributed by atoms with Crippen molar-refractivity contribution >= 4 is 30.4 Å². The Bertz CT molecular complexity index is 603. The summed E-state index contributed by atoms with van der Waals surface area (Å²) in [6, 6.07) is 12.1. The molecule has 18 heavy (non-hydrogen) atoms. The highest BCUT2D eigenvalue weighted by Crippen LogP contribution is 2.20. The molecule has 0 amide bonds. The largest absolute Gasteiger partial charge is 0.328 e. The molecule has 92 valence electrons. The maximum atomic E-state index is 7.23. The number of hydrogen-bond acceptors (Lipinski definition) is 5. The number of hydrogen-bond donors (Lipinski definition) is 3. The first-order valence-electron chi connectivity index (χ1n) is 5.13. The molecule has 0 bridgehead atoms. The molecule has 5 nitrogen and oxygen atoms in total. The number of aromatic nitrogens is 2. The summed E-state index contributed by atoms with van der Waals surface area (Å²) in [6.45, 7) is 0. The molecule has 6 heteroatoms. The SMILES string of the molecule is OP(O)O.c1cnc2c(c1)ccc1ncccc12. The highest BCUT2D eigenvalue weighted by atomic mass is 31.2. The van der Waals surface area contributed by atoms with E-state index in [0.717, 1.165) is 21.8 Å². The van der Waals surface area contributed by atoms with Gasteiger partial charge < -0.3 is 14.7 Å². The number of benzene rings is 1. The van der Waals surface area contributed by atoms with Gasteiger partial charge in [-0.25, -0.2) is 0 Å². The van der Waals surface area contributed by atoms with E-state index < -0.39 is 8.60 Å². The summed E-state index contributed by atoms with van der Waals surface area (Å²) in [6.07, 6.45) is 3.62. The van der Waals surface area contributed by atoms with Crippen LogP contribution in [-0.4, -0.2) is 24.6 Å². The lowest BCUT2D eigenvalue weighted by atomic mass is 10.1. The van der Waals surface area contributed by atoms with Crippen molar-refractivity contribution in [2.75, 3.05) is 0 Å². The summed E-state index contributed by atoms with van der Waals surface area (Å²) in [7, 11) is -2.62. The van der Waals surface area contributed by atoms with Gasteiger partial charge in [0.1, 0.15) is 0 Å². The van der Waals surface area contributed by atoms with Crippen molar-refractivity contribution in [1.82, 2.24) is 9.97 Å². The molecule has 2 heterocycles. The molecular formula is C12H11N2O3P. The van der Waals surface area contributed by atoms with Crippen LogP contribution < -0.4 is 0 Å². The highest BCUT2D eigenvalue weighted by molar-refractivity contribution is 7.38. The number of rotatable bonds is 0. The van der Waals surface area contributed by atoms with E-state index in [0.29, 0.717) is 0 Å². The average molecular weight is 262 g/mol. The highest BCUT2D eigenvalue weighted by Gasteiger charge is 1.99. The van der Waals surface area contributed by atoms with Gasteiger partial charge in [-0.1, -0.05) is 12.1 Å². The van der Waals surface area contributed by atoms with Gasteiger partial charge in [-0.3, -0.25) is 9.97 Å². The van der Waals surface area contributed by atoms with Crippen LogP contribution in [0.5, 0.6) is 0 Å². The molecule has 0 saturated carbocycles. The molecule has 0 aliphatic rings. The third kappa shape index (κ3) is 2.97. The van der Waals surface area contributed by atoms with Crippen LogP contribution in [0.3, 0.4) is 0 Å². The first-order valence-corrected chi connectivity index (χ1v) is 6.33. The fourth-order valence-electron chi connectivity index (χ4n) is 1.70. The maximum Gasteiger partial charge on any atom is 0.324 e. The van der Waals surface area contributed by atoms with Crippen LogP contribution in [0.15, 0.2) is 48.8 Å². The zero-order chi connectivity index (χ0) is 13.0. The zero-order valence-corrected chi connectivity index (χ0v) is 10.2. The predicted molar refractivity (Wildman–Crippen MR) is 70.6 cm³/mol. The molecule has 0 saturated heterocycles. The van der Waals surface area contributed by atoms with Crippen LogP contribution in [0.4, 0.5) is 0 Å². The summed E-state index contributed by atoms with van der Waals surface area (Å²) in [5.41, 5.74) is 2.02. The predicted octanol–water partition coefficient (Wildman–Crippen LogP) is 1.97. The zero-order valence-electron chi connectivity index (χ0n) is 9.30. The molecule has 2 aromatic heterocycles. The maximum absolute atomic E-state index is 7.23. The van der Waals surface area contributed by atoms with Gasteiger partial charge in [0.2, 0.25) is 0 Å². The monoisotopic (exact) mass is 262 g/mol. The van der Waals surface area contributed by atoms with Gasteiger partial charge in [-0.05, 0) is 24.3 Å². The van der Waals surface area contributed by atoms with Crippen LogP contribution >= 0.6 is 8.60 Å². The minimum absolute atomic E-state index is 0.999. The van der Waals surface area contributed by atoms with Crippen molar-refractivity contribution in [3.8, 4) is 0 Å². The van der Waals surface area contributed by atoms with Gasteiger partial charge >= 0.3 is 8.60 Å². The van der Waals surface area contributed by atoms with E-state index in [9.17, 15) is 0 Å². The molecule has 0 atom stereocenters. The Balaban J connectivity index is 0.000000267. The smallest absolute Gasteiger partial charge is 0.324 e. The van der Waals surface area contributed by atoms with Gasteiger partial charge in [-0.2, -0.15) is 0 Å². The Kier molecular flexibility index (Phi) is 4.12. The quantitative estimate of drug-likeness (QED) is 0.426. The fraction of sp³-hybridized carbons (Fsp3) is 0. The van der Waals surface area contributed by atoms with E-state index in [-0.39, 0.29) is 0 Å². The summed E-state index contributed by atoms with van der Waals surface area (Å²) in [4.78, 5) is 30.4. The van der Waals surface area contributed by atoms with Crippen molar-refractivity contribution in [3.05, 3.63) is 48.8 Å². The summed E-state index contributed by atoms with van der Waals surface area (Å²) in [5.74, 6) is 0. The second-order valence-corrected chi connectivity index (χ2v) is 4.02. The number of fused-ring (bicyclic) bond motifs is 3. The molecule has 3 aromatic rings. The third-order valence-electron chi connectivity index (χ3n) is 2.35. The van der Waals surface area contributed by atoms with Crippen LogP contribution in [0.2, 0.25) is 0 Å². The molecule has 3 rings (SSSR count). The van der Waals surface area contributed by atoms with Gasteiger partial charge in [0, 0.05) is 23.2 Å². The van der Waals surface area contributed by atoms with Crippen LogP contribution in [0, 0.1) is 0 Å². The summed E-state index contributed by atoms with van der Waals surface area (Å²) in [5, 5.41) is 2.28. The van der Waals surface area contributed by atoms with Crippen LogP contribution in [-0.2, 0) is 0 Å². The standard InChI is InChI=1S/C12H8N2.H3O3P/c1-3-9-5-6-11-10(4-2-7-13-11)12(9)14-8-1;1-4(2)3/h1-8H;1-3H. The Morgan fingerprint density at radius 3 is 2.28 bits per heavy atom. The fourth-order valence-corrected chi connectivity index (χ4v) is 1.70. The Labute approximate surface area is 104 Å². The summed E-state index contributed by atoms with van der Waals surface area (Å²) >= 11 is 0. The third-order valence-corrected chi connectivity index (χ3v) is 2.35. The molecule has 0 unspecified atom stereocenters. The van der Waals surface area contributed by atoms with E-state index in [1.807, 2.05) is 24.4 Å². The van der Waals surface area contributed by atoms with Crippen molar-refractivity contribution in [1.29, 1.82) is 0 Å². The van der Waals surface area contributed by atoms with Gasteiger partial charge in [0.25, 0.3) is 0 Å². The Hall–Kier alpha value is -1.65. The van der Waals surface area contributed by atoms with E-state index >= 15 is 0 Å². The van der Waals surface area contributed by atoms with E-state index in [2.05, 4.69) is 28.2 Å². The van der Waals surface area contributed by atoms with Crippen molar-refractivity contribution in [2.45, 2.75) is 0 Å². The minimum Gasteiger partial charge on any atom is -0.328 e. The first kappa shape index (κ1) is 12.8. The van der Waals surface area contributed by atoms with Crippen molar-refractivity contribution in [3.63, 3.8) is 0 Å². The molecule has 3 N–H and O–H groups in total. The molecule has 0 aliphatic heterocycles. The van der Waals surface area contributed by atoms with Crippen LogP contribution in [0.25, 0.3) is 21.8 Å². The topological polar surface area (TPSA) is 86.5 Å². The second kappa shape index (κ2) is 5.80. The molecule has 1 aromatic carbocycles. The van der Waals surface area contributed by atoms with Crippen LogP contribution in [0.1, 0.15) is 0 Å². The molecule has 0 aliphatic carbocycles. The van der Waals surface area contributed by atoms with Crippen molar-refractivity contribution in [2.24, 2.45) is 0 Å². The lowest BCUT2D eigenvalue weighted by Gasteiger charge is -2.00. The van der Waals surface area contributed by atoms with Crippen molar-refractivity contribution < 1.29 is 14.7 Å². The van der Waals surface area contributed by atoms with E-state index in [4.69, 9.17) is 14.7 Å². The minimum atomic E-state index is -2.62. The molecule has 0 radical (unpaired) electrons. The normalized spacial score (nSPS) is 10.4. The molecular weight excluding hydrogens is 251 g/mol. The number of pyridine rings is 2. The lowest BCUT2D eigenvalue weighted by Crippen LogP contribution is -1.82. The second-order valence-electron chi connectivity index (χ2n) is 3.48. The molecule has 0 spiro atoms. The summed E-state index contributed by atoms with van der Waals surface area (Å²) < 4.78 is 0. The van der Waals surface area contributed by atoms with E-state index in [1.54, 1.807) is 6.20 Å². The van der Waals surface area contributed by atoms with Gasteiger partial charge in [0.15, 0.2) is 0 Å². The van der Waals surface area contributed by atoms with E-state index in [1.165, 1.54) is 0 Å². The number of nitrogens with zero attached hydrogens (tertiary/aromatic N) is 2. The van der Waals surface area contributed by atoms with Gasteiger partial charge in [0.05, 0.1) is 11.0 Å².